The van der Waals surface area contributed by atoms with E-state index < -0.39 is 28.8 Å². The molecule has 9 nitrogen and oxygen atoms in total. The topological polar surface area (TPSA) is 103 Å². The fraction of sp³-hybridized carbons (Fsp3) is 0.765. The van der Waals surface area contributed by atoms with E-state index in [0.29, 0.717) is 25.3 Å². The third-order valence-corrected chi connectivity index (χ3v) is 4.66. The minimum Gasteiger partial charge on any atom is -0.444 e. The van der Waals surface area contributed by atoms with E-state index in [1.54, 1.807) is 25.5 Å². The minimum atomic E-state index is -1.25. The highest BCUT2D eigenvalue weighted by atomic mass is 19.1. The first kappa shape index (κ1) is 19.4. The molecule has 27 heavy (non-hydrogen) atoms. The SMILES string of the molecule is CC(C)(C)OC(=O)N[C@H]1CCN(c2c([N+](=O)[O-])cnn2C2CC2)CC[C@@H]1F. The summed E-state index contributed by atoms with van der Waals surface area (Å²) in [7, 11) is 0. The van der Waals surface area contributed by atoms with Crippen LogP contribution in [0.15, 0.2) is 6.20 Å². The van der Waals surface area contributed by atoms with Crippen molar-refractivity contribution in [2.24, 2.45) is 0 Å². The quantitative estimate of drug-likeness (QED) is 0.633. The third kappa shape index (κ3) is 4.67. The van der Waals surface area contributed by atoms with Crippen molar-refractivity contribution in [1.82, 2.24) is 15.1 Å². The van der Waals surface area contributed by atoms with Crippen LogP contribution in [0, 0.1) is 10.1 Å². The lowest BCUT2D eigenvalue weighted by atomic mass is 10.1. The molecule has 0 bridgehead atoms. The fourth-order valence-corrected chi connectivity index (χ4v) is 3.27. The van der Waals surface area contributed by atoms with Crippen LogP contribution in [0.1, 0.15) is 52.5 Å². The van der Waals surface area contributed by atoms with Crippen LogP contribution in [0.4, 0.5) is 20.7 Å². The molecule has 0 spiro atoms. The number of halogens is 1. The van der Waals surface area contributed by atoms with E-state index in [1.807, 2.05) is 4.90 Å². The lowest BCUT2D eigenvalue weighted by Crippen LogP contribution is -2.44. The Balaban J connectivity index is 1.72. The first-order chi connectivity index (χ1) is 12.7. The van der Waals surface area contributed by atoms with Gasteiger partial charge in [0.1, 0.15) is 18.0 Å². The van der Waals surface area contributed by atoms with E-state index in [4.69, 9.17) is 4.74 Å². The van der Waals surface area contributed by atoms with Crippen molar-refractivity contribution in [3.05, 3.63) is 16.3 Å². The number of aromatic nitrogens is 2. The van der Waals surface area contributed by atoms with Gasteiger partial charge in [0.2, 0.25) is 5.82 Å². The molecule has 0 aromatic carbocycles. The predicted molar refractivity (Wildman–Crippen MR) is 96.7 cm³/mol. The molecule has 3 rings (SSSR count). The Morgan fingerprint density at radius 2 is 2.00 bits per heavy atom. The maximum Gasteiger partial charge on any atom is 0.407 e. The minimum absolute atomic E-state index is 0.0594. The standard InChI is InChI=1S/C17H26FN5O4/c1-17(2,3)27-16(24)20-13-7-9-21(8-6-12(13)18)15-14(23(25)26)10-19-22(15)11-4-5-11/h10-13H,4-9H2,1-3H3,(H,20,24)/t12-,13-/m0/s1. The van der Waals surface area contributed by atoms with Gasteiger partial charge >= 0.3 is 11.8 Å². The van der Waals surface area contributed by atoms with Gasteiger partial charge in [0.05, 0.1) is 17.0 Å². The van der Waals surface area contributed by atoms with Gasteiger partial charge in [0.25, 0.3) is 0 Å². The largest absolute Gasteiger partial charge is 0.444 e. The maximum atomic E-state index is 14.6. The van der Waals surface area contributed by atoms with E-state index in [-0.39, 0.29) is 18.2 Å². The van der Waals surface area contributed by atoms with Gasteiger partial charge in [-0.05, 0) is 46.5 Å². The van der Waals surface area contributed by atoms with Crippen LogP contribution in [0.3, 0.4) is 0 Å². The van der Waals surface area contributed by atoms with Gasteiger partial charge in [0.15, 0.2) is 0 Å². The summed E-state index contributed by atoms with van der Waals surface area (Å²) >= 11 is 0. The van der Waals surface area contributed by atoms with Gasteiger partial charge < -0.3 is 15.0 Å². The smallest absolute Gasteiger partial charge is 0.407 e. The number of alkyl halides is 1. The Bertz CT molecular complexity index is 713. The molecule has 1 aliphatic carbocycles. The zero-order chi connectivity index (χ0) is 19.8. The Morgan fingerprint density at radius 3 is 2.59 bits per heavy atom. The number of carbonyl (C=O) groups excluding carboxylic acids is 1. The van der Waals surface area contributed by atoms with Crippen molar-refractivity contribution in [3.63, 3.8) is 0 Å². The van der Waals surface area contributed by atoms with E-state index in [2.05, 4.69) is 10.4 Å². The monoisotopic (exact) mass is 383 g/mol. The van der Waals surface area contributed by atoms with Crippen LogP contribution in [0.5, 0.6) is 0 Å². The first-order valence-corrected chi connectivity index (χ1v) is 9.26. The Hall–Kier alpha value is -2.39. The van der Waals surface area contributed by atoms with Crippen LogP contribution in [0.2, 0.25) is 0 Å². The Morgan fingerprint density at radius 1 is 1.33 bits per heavy atom. The molecular formula is C17H26FN5O4. The molecule has 0 unspecified atom stereocenters. The van der Waals surface area contributed by atoms with E-state index in [0.717, 1.165) is 12.8 Å². The lowest BCUT2D eigenvalue weighted by Gasteiger charge is -2.24. The van der Waals surface area contributed by atoms with Crippen LogP contribution in [-0.2, 0) is 4.74 Å². The Kier molecular flexibility index (Phi) is 5.25. The van der Waals surface area contributed by atoms with Crippen molar-refractivity contribution in [2.75, 3.05) is 18.0 Å². The molecular weight excluding hydrogens is 357 g/mol. The molecule has 0 radical (unpaired) electrons. The molecule has 1 N–H and O–H groups in total. The molecule has 10 heteroatoms. The molecule has 1 saturated heterocycles. The summed E-state index contributed by atoms with van der Waals surface area (Å²) in [4.78, 5) is 24.7. The molecule has 1 aromatic rings. The summed E-state index contributed by atoms with van der Waals surface area (Å²) in [6.07, 6.45) is 1.72. The van der Waals surface area contributed by atoms with E-state index in [9.17, 15) is 19.3 Å². The average Bonchev–Trinajstić information content (AvgIpc) is 3.32. The fourth-order valence-electron chi connectivity index (χ4n) is 3.27. The van der Waals surface area contributed by atoms with Crippen molar-refractivity contribution in [2.45, 2.75) is 70.3 Å². The van der Waals surface area contributed by atoms with Crippen LogP contribution in [-0.4, -0.2) is 51.7 Å². The molecule has 2 heterocycles. The zero-order valence-electron chi connectivity index (χ0n) is 15.9. The molecule has 1 saturated carbocycles. The number of nitrogens with zero attached hydrogens (tertiary/aromatic N) is 4. The van der Waals surface area contributed by atoms with E-state index in [1.165, 1.54) is 6.20 Å². The summed E-state index contributed by atoms with van der Waals surface area (Å²) in [5.41, 5.74) is -0.722. The maximum absolute atomic E-state index is 14.6. The normalized spacial score (nSPS) is 23.6. The number of amides is 1. The summed E-state index contributed by atoms with van der Waals surface area (Å²) in [5.74, 6) is 0.438. The number of nitrogens with one attached hydrogen (secondary N) is 1. The second-order valence-corrected chi connectivity index (χ2v) is 8.12. The van der Waals surface area contributed by atoms with Gasteiger partial charge in [-0.15, -0.1) is 0 Å². The van der Waals surface area contributed by atoms with Gasteiger partial charge in [-0.25, -0.2) is 13.9 Å². The molecule has 1 aliphatic heterocycles. The molecule has 1 aromatic heterocycles. The van der Waals surface area contributed by atoms with Crippen LogP contribution in [0.25, 0.3) is 0 Å². The van der Waals surface area contributed by atoms with Crippen molar-refractivity contribution < 1.29 is 18.8 Å². The molecule has 2 aliphatic rings. The molecule has 150 valence electrons. The number of hydrogen-bond acceptors (Lipinski definition) is 6. The highest BCUT2D eigenvalue weighted by molar-refractivity contribution is 5.68. The van der Waals surface area contributed by atoms with Crippen LogP contribution < -0.4 is 10.2 Å². The van der Waals surface area contributed by atoms with Gasteiger partial charge in [-0.3, -0.25) is 10.1 Å². The zero-order valence-corrected chi connectivity index (χ0v) is 15.9. The van der Waals surface area contributed by atoms with Crippen LogP contribution >= 0.6 is 0 Å². The highest BCUT2D eigenvalue weighted by Gasteiger charge is 2.36. The predicted octanol–water partition coefficient (Wildman–Crippen LogP) is 2.96. The van der Waals surface area contributed by atoms with Crippen molar-refractivity contribution >= 4 is 17.6 Å². The highest BCUT2D eigenvalue weighted by Crippen LogP contribution is 2.41. The first-order valence-electron chi connectivity index (χ1n) is 9.26. The summed E-state index contributed by atoms with van der Waals surface area (Å²) in [6, 6.07) is -0.519. The summed E-state index contributed by atoms with van der Waals surface area (Å²) < 4.78 is 21.5. The summed E-state index contributed by atoms with van der Waals surface area (Å²) in [5, 5.41) is 18.2. The van der Waals surface area contributed by atoms with E-state index >= 15 is 0 Å². The summed E-state index contributed by atoms with van der Waals surface area (Å²) in [6.45, 7) is 5.94. The van der Waals surface area contributed by atoms with Crippen molar-refractivity contribution in [1.29, 1.82) is 0 Å². The Labute approximate surface area is 157 Å². The number of alkyl carbamates (subject to hydrolysis) is 1. The van der Waals surface area contributed by atoms with Crippen molar-refractivity contribution in [3.8, 4) is 0 Å². The lowest BCUT2D eigenvalue weighted by molar-refractivity contribution is -0.384. The average molecular weight is 383 g/mol. The number of nitro groups is 1. The molecule has 1 amide bonds. The molecule has 2 atom stereocenters. The van der Waals surface area contributed by atoms with Gasteiger partial charge in [-0.2, -0.15) is 5.10 Å². The number of carbonyl (C=O) groups is 1. The number of anilines is 1. The molecule has 2 fully saturated rings. The van der Waals surface area contributed by atoms with Gasteiger partial charge in [0, 0.05) is 13.1 Å². The number of ether oxygens (including phenoxy) is 1. The van der Waals surface area contributed by atoms with Gasteiger partial charge in [-0.1, -0.05) is 0 Å². The second-order valence-electron chi connectivity index (χ2n) is 8.12. The third-order valence-electron chi connectivity index (χ3n) is 4.66. The number of rotatable bonds is 4. The second kappa shape index (κ2) is 7.32. The number of hydrogen-bond donors (Lipinski definition) is 1.